The smallest absolute Gasteiger partial charge is 0.264 e. The van der Waals surface area contributed by atoms with E-state index in [1.54, 1.807) is 12.1 Å². The molecule has 0 aliphatic carbocycles. The van der Waals surface area contributed by atoms with Gasteiger partial charge in [-0.1, -0.05) is 26.7 Å². The zero-order valence-corrected chi connectivity index (χ0v) is 14.4. The Labute approximate surface area is 133 Å². The van der Waals surface area contributed by atoms with Gasteiger partial charge < -0.3 is 9.47 Å². The molecule has 0 radical (unpaired) electrons. The van der Waals surface area contributed by atoms with Gasteiger partial charge in [0.15, 0.2) is 0 Å². The molecule has 1 aromatic rings. The van der Waals surface area contributed by atoms with E-state index in [0.29, 0.717) is 30.3 Å². The summed E-state index contributed by atoms with van der Waals surface area (Å²) in [6, 6.07) is 5.40. The van der Waals surface area contributed by atoms with Crippen molar-refractivity contribution in [3.8, 4) is 11.5 Å². The molecule has 0 heterocycles. The molecule has 1 rings (SSSR count). The van der Waals surface area contributed by atoms with Crippen LogP contribution >= 0.6 is 0 Å². The molecule has 0 aromatic heterocycles. The molecule has 0 saturated heterocycles. The lowest BCUT2D eigenvalue weighted by Crippen LogP contribution is -2.04. The highest BCUT2D eigenvalue weighted by atomic mass is 32.2. The molecule has 0 amide bonds. The lowest BCUT2D eigenvalue weighted by Gasteiger charge is -2.12. The monoisotopic (exact) mass is 330 g/mol. The molecule has 6 heteroatoms. The van der Waals surface area contributed by atoms with E-state index in [0.717, 1.165) is 31.9 Å². The summed E-state index contributed by atoms with van der Waals surface area (Å²) in [4.78, 5) is 0. The molecule has 5 nitrogen and oxygen atoms in total. The first-order valence-corrected chi connectivity index (χ1v) is 9.50. The van der Waals surface area contributed by atoms with Crippen LogP contribution in [0.25, 0.3) is 0 Å². The molecule has 22 heavy (non-hydrogen) atoms. The first-order valence-electron chi connectivity index (χ1n) is 7.68. The van der Waals surface area contributed by atoms with E-state index in [1.165, 1.54) is 0 Å². The molecule has 0 bridgehead atoms. The fourth-order valence-corrected chi connectivity index (χ4v) is 2.07. The summed E-state index contributed by atoms with van der Waals surface area (Å²) in [6.45, 7) is 5.43. The van der Waals surface area contributed by atoms with E-state index >= 15 is 0 Å². The molecule has 0 spiro atoms. The highest BCUT2D eigenvalue weighted by molar-refractivity contribution is 7.85. The maximum atomic E-state index is 11.1. The standard InChI is InChI=1S/C16H26O5S/c1-4-6-8-19-15-10-14(13-21-22(3,17)18)11-16(12-15)20-9-7-5-2/h10-12H,4-9,13H2,1-3H3. The van der Waals surface area contributed by atoms with Gasteiger partial charge in [-0.15, -0.1) is 0 Å². The lowest BCUT2D eigenvalue weighted by atomic mass is 10.2. The molecule has 0 N–H and O–H groups in total. The van der Waals surface area contributed by atoms with Gasteiger partial charge in [0.25, 0.3) is 10.1 Å². The Morgan fingerprint density at radius 1 is 0.909 bits per heavy atom. The molecule has 1 aromatic carbocycles. The number of unbranched alkanes of at least 4 members (excludes halogenated alkanes) is 2. The Morgan fingerprint density at radius 2 is 1.41 bits per heavy atom. The van der Waals surface area contributed by atoms with Crippen LogP contribution in [0.1, 0.15) is 45.1 Å². The Hall–Kier alpha value is -1.27. The van der Waals surface area contributed by atoms with Gasteiger partial charge in [0.1, 0.15) is 11.5 Å². The van der Waals surface area contributed by atoms with Crippen LogP contribution in [0.3, 0.4) is 0 Å². The third kappa shape index (κ3) is 8.24. The summed E-state index contributed by atoms with van der Waals surface area (Å²) in [7, 11) is -3.47. The zero-order valence-electron chi connectivity index (χ0n) is 13.6. The SMILES string of the molecule is CCCCOc1cc(COS(C)(=O)=O)cc(OCCCC)c1. The molecule has 0 aliphatic rings. The minimum absolute atomic E-state index is 0.0199. The quantitative estimate of drug-likeness (QED) is 0.459. The maximum absolute atomic E-state index is 11.1. The maximum Gasteiger partial charge on any atom is 0.264 e. The highest BCUT2D eigenvalue weighted by Crippen LogP contribution is 2.24. The van der Waals surface area contributed by atoms with Crippen molar-refractivity contribution in [2.24, 2.45) is 0 Å². The second kappa shape index (κ2) is 9.69. The second-order valence-electron chi connectivity index (χ2n) is 5.18. The van der Waals surface area contributed by atoms with Crippen LogP contribution in [0, 0.1) is 0 Å². The number of ether oxygens (including phenoxy) is 2. The predicted octanol–water partition coefficient (Wildman–Crippen LogP) is 3.52. The van der Waals surface area contributed by atoms with Crippen LogP contribution in [0.15, 0.2) is 18.2 Å². The Kier molecular flexibility index (Phi) is 8.27. The van der Waals surface area contributed by atoms with Crippen LogP contribution in [0.4, 0.5) is 0 Å². The zero-order chi connectivity index (χ0) is 16.4. The van der Waals surface area contributed by atoms with E-state index in [1.807, 2.05) is 6.07 Å². The van der Waals surface area contributed by atoms with E-state index in [9.17, 15) is 8.42 Å². The largest absolute Gasteiger partial charge is 0.493 e. The van der Waals surface area contributed by atoms with Crippen molar-refractivity contribution in [2.45, 2.75) is 46.1 Å². The third-order valence-corrected chi connectivity index (χ3v) is 3.46. The van der Waals surface area contributed by atoms with Gasteiger partial charge in [0, 0.05) is 6.07 Å². The van der Waals surface area contributed by atoms with Crippen molar-refractivity contribution >= 4 is 10.1 Å². The molecule has 0 aliphatic heterocycles. The lowest BCUT2D eigenvalue weighted by molar-refractivity contribution is 0.286. The van der Waals surface area contributed by atoms with Crippen molar-refractivity contribution in [1.82, 2.24) is 0 Å². The fourth-order valence-electron chi connectivity index (χ4n) is 1.72. The van der Waals surface area contributed by atoms with Gasteiger partial charge in [-0.05, 0) is 30.5 Å². The first-order chi connectivity index (χ1) is 10.4. The van der Waals surface area contributed by atoms with Crippen LogP contribution in [-0.4, -0.2) is 27.9 Å². The van der Waals surface area contributed by atoms with Gasteiger partial charge >= 0.3 is 0 Å². The summed E-state index contributed by atoms with van der Waals surface area (Å²) in [6.07, 6.45) is 5.08. The van der Waals surface area contributed by atoms with E-state index in [2.05, 4.69) is 13.8 Å². The van der Waals surface area contributed by atoms with Gasteiger partial charge in [0.2, 0.25) is 0 Å². The number of benzene rings is 1. The summed E-state index contributed by atoms with van der Waals surface area (Å²) in [5, 5.41) is 0. The number of hydrogen-bond acceptors (Lipinski definition) is 5. The first kappa shape index (κ1) is 18.8. The molecular formula is C16H26O5S. The number of hydrogen-bond donors (Lipinski definition) is 0. The number of rotatable bonds is 11. The van der Waals surface area contributed by atoms with Crippen molar-refractivity contribution in [1.29, 1.82) is 0 Å². The fraction of sp³-hybridized carbons (Fsp3) is 0.625. The van der Waals surface area contributed by atoms with Crippen molar-refractivity contribution < 1.29 is 22.1 Å². The molecule has 0 saturated carbocycles. The predicted molar refractivity (Wildman–Crippen MR) is 86.9 cm³/mol. The Balaban J connectivity index is 2.78. The van der Waals surface area contributed by atoms with Crippen molar-refractivity contribution in [3.63, 3.8) is 0 Å². The Morgan fingerprint density at radius 3 is 1.82 bits per heavy atom. The third-order valence-electron chi connectivity index (χ3n) is 2.91. The summed E-state index contributed by atoms with van der Waals surface area (Å²) in [5.74, 6) is 1.35. The van der Waals surface area contributed by atoms with Gasteiger partial charge in [-0.3, -0.25) is 4.18 Å². The average molecular weight is 330 g/mol. The molecule has 0 atom stereocenters. The minimum atomic E-state index is -3.47. The van der Waals surface area contributed by atoms with Gasteiger partial charge in [0.05, 0.1) is 26.1 Å². The van der Waals surface area contributed by atoms with Gasteiger partial charge in [-0.2, -0.15) is 8.42 Å². The van der Waals surface area contributed by atoms with Crippen LogP contribution in [-0.2, 0) is 20.9 Å². The van der Waals surface area contributed by atoms with E-state index in [-0.39, 0.29) is 6.61 Å². The summed E-state index contributed by atoms with van der Waals surface area (Å²) in [5.41, 5.74) is 0.714. The van der Waals surface area contributed by atoms with Crippen molar-refractivity contribution in [2.75, 3.05) is 19.5 Å². The summed E-state index contributed by atoms with van der Waals surface area (Å²) < 4.78 is 38.4. The Bertz CT molecular complexity index is 511. The summed E-state index contributed by atoms with van der Waals surface area (Å²) >= 11 is 0. The molecular weight excluding hydrogens is 304 g/mol. The minimum Gasteiger partial charge on any atom is -0.493 e. The van der Waals surface area contributed by atoms with Crippen LogP contribution in [0.5, 0.6) is 11.5 Å². The molecule has 0 fully saturated rings. The normalized spacial score (nSPS) is 11.4. The second-order valence-corrected chi connectivity index (χ2v) is 6.83. The average Bonchev–Trinajstić information content (AvgIpc) is 2.45. The van der Waals surface area contributed by atoms with Gasteiger partial charge in [-0.25, -0.2) is 0 Å². The van der Waals surface area contributed by atoms with Crippen LogP contribution < -0.4 is 9.47 Å². The van der Waals surface area contributed by atoms with Crippen LogP contribution in [0.2, 0.25) is 0 Å². The van der Waals surface area contributed by atoms with E-state index < -0.39 is 10.1 Å². The highest BCUT2D eigenvalue weighted by Gasteiger charge is 2.07. The molecule has 126 valence electrons. The topological polar surface area (TPSA) is 61.8 Å². The van der Waals surface area contributed by atoms with E-state index in [4.69, 9.17) is 13.7 Å². The molecule has 0 unspecified atom stereocenters. The van der Waals surface area contributed by atoms with Crippen molar-refractivity contribution in [3.05, 3.63) is 23.8 Å².